The highest BCUT2D eigenvalue weighted by atomic mass is 32.1. The highest BCUT2D eigenvalue weighted by Crippen LogP contribution is 2.20. The number of rotatable bonds is 6. The maximum absolute atomic E-state index is 12.0. The Hall–Kier alpha value is -1.51. The van der Waals surface area contributed by atoms with E-state index in [2.05, 4.69) is 10.5 Å². The number of nitrogens with two attached hydrogens (primary N) is 1. The lowest BCUT2D eigenvalue weighted by atomic mass is 10.1. The zero-order valence-electron chi connectivity index (χ0n) is 12.8. The van der Waals surface area contributed by atoms with Crippen LogP contribution in [0.1, 0.15) is 46.4 Å². The Bertz CT molecular complexity index is 508. The molecule has 3 N–H and O–H groups in total. The van der Waals surface area contributed by atoms with E-state index in [1.165, 1.54) is 11.3 Å². The van der Waals surface area contributed by atoms with Gasteiger partial charge in [0, 0.05) is 5.38 Å². The van der Waals surface area contributed by atoms with Crippen molar-refractivity contribution >= 4 is 28.7 Å². The summed E-state index contributed by atoms with van der Waals surface area (Å²) in [6.07, 6.45) is 0.625. The number of carbonyl (C=O) groups excluding carboxylic acids is 2. The molecule has 1 unspecified atom stereocenters. The largest absolute Gasteiger partial charge is 0.458 e. The van der Waals surface area contributed by atoms with E-state index in [0.717, 1.165) is 0 Å². The molecule has 0 radical (unpaired) electrons. The van der Waals surface area contributed by atoms with E-state index in [9.17, 15) is 9.59 Å². The first kappa shape index (κ1) is 17.5. The minimum atomic E-state index is -1.25. The van der Waals surface area contributed by atoms with Gasteiger partial charge in [-0.2, -0.15) is 5.48 Å². The average Bonchev–Trinajstić information content (AvgIpc) is 2.74. The normalized spacial score (nSPS) is 13.8. The molecule has 8 heteroatoms. The quantitative estimate of drug-likeness (QED) is 0.467. The van der Waals surface area contributed by atoms with E-state index in [-0.39, 0.29) is 0 Å². The molecule has 0 saturated heterocycles. The van der Waals surface area contributed by atoms with Crippen LogP contribution >= 0.6 is 11.3 Å². The van der Waals surface area contributed by atoms with Gasteiger partial charge in [-0.25, -0.2) is 9.78 Å². The summed E-state index contributed by atoms with van der Waals surface area (Å²) in [6, 6.07) is -0.805. The lowest BCUT2D eigenvalue weighted by Gasteiger charge is -2.28. The highest BCUT2D eigenvalue weighted by Gasteiger charge is 2.35. The van der Waals surface area contributed by atoms with Gasteiger partial charge in [-0.1, -0.05) is 0 Å². The van der Waals surface area contributed by atoms with E-state index >= 15 is 0 Å². The number of hydrogen-bond acceptors (Lipinski definition) is 8. The SMILES string of the molecule is CC(C)(C)OC(=O)C(C)(C)ONC(C=O)c1csc(N)n1. The Kier molecular flexibility index (Phi) is 5.43. The minimum Gasteiger partial charge on any atom is -0.458 e. The van der Waals surface area contributed by atoms with Crippen molar-refractivity contribution in [3.8, 4) is 0 Å². The molecule has 0 aliphatic carbocycles. The maximum Gasteiger partial charge on any atom is 0.340 e. The topological polar surface area (TPSA) is 104 Å². The Balaban J connectivity index is 2.66. The number of carbonyl (C=O) groups is 2. The Morgan fingerprint density at radius 3 is 2.48 bits per heavy atom. The fourth-order valence-corrected chi connectivity index (χ4v) is 1.85. The first-order valence-corrected chi connectivity index (χ1v) is 7.26. The Morgan fingerprint density at radius 1 is 1.43 bits per heavy atom. The third kappa shape index (κ3) is 5.41. The van der Waals surface area contributed by atoms with Gasteiger partial charge in [0.05, 0.1) is 5.69 Å². The van der Waals surface area contributed by atoms with Gasteiger partial charge < -0.3 is 15.3 Å². The van der Waals surface area contributed by atoms with Crippen LogP contribution in [0.3, 0.4) is 0 Å². The molecule has 0 fully saturated rings. The predicted octanol–water partition coefficient (Wildman–Crippen LogP) is 1.61. The van der Waals surface area contributed by atoms with Gasteiger partial charge in [-0.3, -0.25) is 4.84 Å². The van der Waals surface area contributed by atoms with Crippen LogP contribution in [0.4, 0.5) is 5.13 Å². The van der Waals surface area contributed by atoms with Crippen molar-refractivity contribution in [3.05, 3.63) is 11.1 Å². The molecule has 1 atom stereocenters. The van der Waals surface area contributed by atoms with Crippen LogP contribution in [0.5, 0.6) is 0 Å². The smallest absolute Gasteiger partial charge is 0.340 e. The van der Waals surface area contributed by atoms with E-state index in [1.807, 2.05) is 0 Å². The molecule has 1 rings (SSSR count). The zero-order valence-corrected chi connectivity index (χ0v) is 13.6. The summed E-state index contributed by atoms with van der Waals surface area (Å²) in [5.41, 5.74) is 6.61. The van der Waals surface area contributed by atoms with Gasteiger partial charge in [0.15, 0.2) is 10.7 Å². The van der Waals surface area contributed by atoms with E-state index in [4.69, 9.17) is 15.3 Å². The number of aromatic nitrogens is 1. The fourth-order valence-electron chi connectivity index (χ4n) is 1.25. The number of hydrogen-bond donors (Lipinski definition) is 2. The van der Waals surface area contributed by atoms with Crippen LogP contribution in [0.15, 0.2) is 5.38 Å². The van der Waals surface area contributed by atoms with Crippen molar-refractivity contribution in [1.29, 1.82) is 0 Å². The number of esters is 1. The molecular formula is C13H21N3O4S. The summed E-state index contributed by atoms with van der Waals surface area (Å²) < 4.78 is 5.25. The number of nitrogens with zero attached hydrogens (tertiary/aromatic N) is 1. The molecular weight excluding hydrogens is 294 g/mol. The number of hydroxylamine groups is 1. The molecule has 1 aromatic rings. The minimum absolute atomic E-state index is 0.352. The van der Waals surface area contributed by atoms with Crippen LogP contribution in [0, 0.1) is 0 Å². The first-order valence-electron chi connectivity index (χ1n) is 6.38. The standard InChI is InChI=1S/C13H21N3O4S/c1-12(2,3)19-10(18)13(4,5)20-16-8(6-17)9-7-21-11(14)15-9/h6-8,16H,1-5H3,(H2,14,15). The average molecular weight is 315 g/mol. The van der Waals surface area contributed by atoms with E-state index in [0.29, 0.717) is 17.1 Å². The van der Waals surface area contributed by atoms with E-state index in [1.54, 1.807) is 40.0 Å². The summed E-state index contributed by atoms with van der Waals surface area (Å²) in [5.74, 6) is -0.537. The van der Waals surface area contributed by atoms with Gasteiger partial charge in [0.25, 0.3) is 0 Å². The summed E-state index contributed by atoms with van der Waals surface area (Å²) in [5, 5.41) is 2.00. The molecule has 0 aliphatic heterocycles. The van der Waals surface area contributed by atoms with Gasteiger partial charge in [-0.15, -0.1) is 11.3 Å². The summed E-state index contributed by atoms with van der Waals surface area (Å²) in [4.78, 5) is 32.4. The number of nitrogen functional groups attached to an aromatic ring is 1. The zero-order chi connectivity index (χ0) is 16.3. The van der Waals surface area contributed by atoms with Crippen LogP contribution in [-0.2, 0) is 19.2 Å². The highest BCUT2D eigenvalue weighted by molar-refractivity contribution is 7.13. The lowest BCUT2D eigenvalue weighted by Crippen LogP contribution is -2.45. The Morgan fingerprint density at radius 2 is 2.05 bits per heavy atom. The molecule has 1 heterocycles. The molecule has 0 saturated carbocycles. The number of ether oxygens (including phenoxy) is 1. The number of aldehydes is 1. The first-order chi connectivity index (χ1) is 9.55. The monoisotopic (exact) mass is 315 g/mol. The van der Waals surface area contributed by atoms with Crippen LogP contribution < -0.4 is 11.2 Å². The fraction of sp³-hybridized carbons (Fsp3) is 0.615. The number of thiazole rings is 1. The van der Waals surface area contributed by atoms with Crippen molar-refractivity contribution in [1.82, 2.24) is 10.5 Å². The van der Waals surface area contributed by atoms with Crippen LogP contribution in [0.25, 0.3) is 0 Å². The van der Waals surface area contributed by atoms with Gasteiger partial charge in [-0.05, 0) is 34.6 Å². The summed E-state index contributed by atoms with van der Waals surface area (Å²) in [6.45, 7) is 8.39. The lowest BCUT2D eigenvalue weighted by molar-refractivity contribution is -0.190. The molecule has 118 valence electrons. The second-order valence-electron chi connectivity index (χ2n) is 5.96. The van der Waals surface area contributed by atoms with Gasteiger partial charge in [0.2, 0.25) is 0 Å². The molecule has 1 aromatic heterocycles. The molecule has 0 amide bonds. The van der Waals surface area contributed by atoms with Gasteiger partial charge >= 0.3 is 5.97 Å². The second-order valence-corrected chi connectivity index (χ2v) is 6.85. The molecule has 7 nitrogen and oxygen atoms in total. The number of nitrogens with one attached hydrogen (secondary N) is 1. The van der Waals surface area contributed by atoms with Crippen LogP contribution in [-0.4, -0.2) is 28.4 Å². The maximum atomic E-state index is 12.0. The van der Waals surface area contributed by atoms with Crippen molar-refractivity contribution in [2.75, 3.05) is 5.73 Å². The molecule has 0 spiro atoms. The van der Waals surface area contributed by atoms with E-state index < -0.39 is 23.2 Å². The van der Waals surface area contributed by atoms with Crippen molar-refractivity contribution in [2.24, 2.45) is 0 Å². The van der Waals surface area contributed by atoms with Crippen molar-refractivity contribution < 1.29 is 19.2 Å². The summed E-state index contributed by atoms with van der Waals surface area (Å²) >= 11 is 1.22. The molecule has 0 bridgehead atoms. The molecule has 21 heavy (non-hydrogen) atoms. The second kappa shape index (κ2) is 6.50. The van der Waals surface area contributed by atoms with Crippen molar-refractivity contribution in [3.63, 3.8) is 0 Å². The Labute approximate surface area is 127 Å². The van der Waals surface area contributed by atoms with Crippen LogP contribution in [0.2, 0.25) is 0 Å². The predicted molar refractivity (Wildman–Crippen MR) is 79.5 cm³/mol. The number of anilines is 1. The summed E-state index contributed by atoms with van der Waals surface area (Å²) in [7, 11) is 0. The third-order valence-electron chi connectivity index (χ3n) is 2.33. The third-order valence-corrected chi connectivity index (χ3v) is 3.02. The van der Waals surface area contributed by atoms with Crippen molar-refractivity contribution in [2.45, 2.75) is 51.9 Å². The molecule has 0 aromatic carbocycles. The van der Waals surface area contributed by atoms with Gasteiger partial charge in [0.1, 0.15) is 17.9 Å². The molecule has 0 aliphatic rings.